The molecule has 0 aromatic rings. The molecule has 2 rings (SSSR count). The Hall–Kier alpha value is -1.10. The molecule has 0 radical (unpaired) electrons. The number of rotatable bonds is 5. The standard InChI is InChI=1S/C16H27NO4/c18-10-12-6-2-1-5-11(12)9-17-15(19)13-7-3-4-8-14(13)16(20)21/h11-14,18H,1-10H2,(H,17,19)(H,20,21). The van der Waals surface area contributed by atoms with Crippen molar-refractivity contribution in [2.75, 3.05) is 13.2 Å². The van der Waals surface area contributed by atoms with Gasteiger partial charge in [-0.25, -0.2) is 0 Å². The molecule has 3 N–H and O–H groups in total. The van der Waals surface area contributed by atoms with Gasteiger partial charge in [-0.2, -0.15) is 0 Å². The van der Waals surface area contributed by atoms with Gasteiger partial charge in [0.25, 0.3) is 0 Å². The molecule has 4 atom stereocenters. The Kier molecular flexibility index (Phi) is 6.03. The molecule has 0 saturated heterocycles. The lowest BCUT2D eigenvalue weighted by Gasteiger charge is -2.32. The van der Waals surface area contributed by atoms with Crippen LogP contribution < -0.4 is 5.32 Å². The Morgan fingerprint density at radius 2 is 1.48 bits per heavy atom. The average Bonchev–Trinajstić information content (AvgIpc) is 2.52. The fraction of sp³-hybridized carbons (Fsp3) is 0.875. The number of carboxylic acid groups (broad SMARTS) is 1. The lowest BCUT2D eigenvalue weighted by Crippen LogP contribution is -2.43. The predicted octanol–water partition coefficient (Wildman–Crippen LogP) is 1.79. The first kappa shape index (κ1) is 16.3. The molecule has 2 aliphatic rings. The Morgan fingerprint density at radius 3 is 2.10 bits per heavy atom. The van der Waals surface area contributed by atoms with Crippen molar-refractivity contribution >= 4 is 11.9 Å². The number of aliphatic hydroxyl groups is 1. The first-order valence-electron chi connectivity index (χ1n) is 8.25. The van der Waals surface area contributed by atoms with E-state index in [9.17, 15) is 19.8 Å². The monoisotopic (exact) mass is 297 g/mol. The van der Waals surface area contributed by atoms with Crippen LogP contribution in [0.4, 0.5) is 0 Å². The fourth-order valence-corrected chi connectivity index (χ4v) is 3.90. The molecule has 0 aromatic carbocycles. The second-order valence-electron chi connectivity index (χ2n) is 6.57. The highest BCUT2D eigenvalue weighted by molar-refractivity contribution is 5.84. The molecule has 0 bridgehead atoms. The van der Waals surface area contributed by atoms with Crippen LogP contribution in [0.2, 0.25) is 0 Å². The van der Waals surface area contributed by atoms with Crippen molar-refractivity contribution in [1.29, 1.82) is 0 Å². The number of carbonyl (C=O) groups excluding carboxylic acids is 1. The van der Waals surface area contributed by atoms with Crippen LogP contribution in [0.3, 0.4) is 0 Å². The zero-order chi connectivity index (χ0) is 15.2. The molecule has 120 valence electrons. The summed E-state index contributed by atoms with van der Waals surface area (Å²) in [7, 11) is 0. The first-order valence-corrected chi connectivity index (χ1v) is 8.25. The predicted molar refractivity (Wildman–Crippen MR) is 78.6 cm³/mol. The van der Waals surface area contributed by atoms with Crippen molar-refractivity contribution in [2.45, 2.75) is 51.4 Å². The highest BCUT2D eigenvalue weighted by Gasteiger charge is 2.36. The normalized spacial score (nSPS) is 33.4. The van der Waals surface area contributed by atoms with Gasteiger partial charge in [0, 0.05) is 13.2 Å². The van der Waals surface area contributed by atoms with E-state index >= 15 is 0 Å². The molecule has 2 aliphatic carbocycles. The van der Waals surface area contributed by atoms with E-state index in [0.717, 1.165) is 38.5 Å². The van der Waals surface area contributed by atoms with E-state index in [1.807, 2.05) is 0 Å². The molecule has 2 fully saturated rings. The number of carbonyl (C=O) groups is 2. The molecule has 4 unspecified atom stereocenters. The maximum atomic E-state index is 12.3. The number of aliphatic carboxylic acids is 1. The summed E-state index contributed by atoms with van der Waals surface area (Å²) in [5.74, 6) is -1.25. The van der Waals surface area contributed by atoms with Gasteiger partial charge in [0.05, 0.1) is 11.8 Å². The van der Waals surface area contributed by atoms with E-state index in [4.69, 9.17) is 0 Å². The summed E-state index contributed by atoms with van der Waals surface area (Å²) < 4.78 is 0. The number of nitrogens with one attached hydrogen (secondary N) is 1. The van der Waals surface area contributed by atoms with E-state index in [0.29, 0.717) is 25.3 Å². The summed E-state index contributed by atoms with van der Waals surface area (Å²) in [5, 5.41) is 21.6. The summed E-state index contributed by atoms with van der Waals surface area (Å²) in [5.41, 5.74) is 0. The lowest BCUT2D eigenvalue weighted by molar-refractivity contribution is -0.149. The van der Waals surface area contributed by atoms with Crippen LogP contribution in [0.1, 0.15) is 51.4 Å². The maximum Gasteiger partial charge on any atom is 0.307 e. The molecule has 0 aliphatic heterocycles. The second-order valence-corrected chi connectivity index (χ2v) is 6.57. The molecular formula is C16H27NO4. The zero-order valence-electron chi connectivity index (χ0n) is 12.6. The summed E-state index contributed by atoms with van der Waals surface area (Å²) in [6.45, 7) is 0.759. The molecule has 5 nitrogen and oxygen atoms in total. The SMILES string of the molecule is O=C(O)C1CCCCC1C(=O)NCC1CCCCC1CO. The van der Waals surface area contributed by atoms with Crippen LogP contribution in [0.25, 0.3) is 0 Å². The Balaban J connectivity index is 1.86. The molecular weight excluding hydrogens is 270 g/mol. The van der Waals surface area contributed by atoms with Gasteiger partial charge in [0.2, 0.25) is 5.91 Å². The Morgan fingerprint density at radius 1 is 0.905 bits per heavy atom. The van der Waals surface area contributed by atoms with Crippen molar-refractivity contribution in [3.63, 3.8) is 0 Å². The third-order valence-electron chi connectivity index (χ3n) is 5.26. The quantitative estimate of drug-likeness (QED) is 0.722. The highest BCUT2D eigenvalue weighted by atomic mass is 16.4. The minimum atomic E-state index is -0.847. The van der Waals surface area contributed by atoms with E-state index < -0.39 is 11.9 Å². The molecule has 2 saturated carbocycles. The lowest BCUT2D eigenvalue weighted by atomic mass is 9.77. The Labute approximate surface area is 126 Å². The molecule has 21 heavy (non-hydrogen) atoms. The fourth-order valence-electron chi connectivity index (χ4n) is 3.90. The summed E-state index contributed by atoms with van der Waals surface area (Å²) in [6, 6.07) is 0. The van der Waals surface area contributed by atoms with Gasteiger partial charge in [-0.3, -0.25) is 9.59 Å². The number of aliphatic hydroxyl groups excluding tert-OH is 1. The molecule has 0 heterocycles. The highest BCUT2D eigenvalue weighted by Crippen LogP contribution is 2.32. The molecule has 0 aromatic heterocycles. The second kappa shape index (κ2) is 7.78. The Bertz CT molecular complexity index is 371. The van der Waals surface area contributed by atoms with Crippen LogP contribution in [0, 0.1) is 23.7 Å². The average molecular weight is 297 g/mol. The summed E-state index contributed by atoms with van der Waals surface area (Å²) >= 11 is 0. The van der Waals surface area contributed by atoms with Crippen molar-refractivity contribution < 1.29 is 19.8 Å². The van der Waals surface area contributed by atoms with Crippen LogP contribution >= 0.6 is 0 Å². The largest absolute Gasteiger partial charge is 0.481 e. The van der Waals surface area contributed by atoms with E-state index in [1.165, 1.54) is 0 Å². The van der Waals surface area contributed by atoms with E-state index in [2.05, 4.69) is 5.32 Å². The van der Waals surface area contributed by atoms with Crippen molar-refractivity contribution in [2.24, 2.45) is 23.7 Å². The van der Waals surface area contributed by atoms with Crippen LogP contribution in [-0.4, -0.2) is 35.2 Å². The van der Waals surface area contributed by atoms with Crippen LogP contribution in [0.15, 0.2) is 0 Å². The van der Waals surface area contributed by atoms with Gasteiger partial charge in [0.15, 0.2) is 0 Å². The van der Waals surface area contributed by atoms with Gasteiger partial charge in [0.1, 0.15) is 0 Å². The molecule has 5 heteroatoms. The zero-order valence-corrected chi connectivity index (χ0v) is 12.6. The van der Waals surface area contributed by atoms with Crippen molar-refractivity contribution in [3.05, 3.63) is 0 Å². The number of hydrogen-bond donors (Lipinski definition) is 3. The third kappa shape index (κ3) is 4.19. The van der Waals surface area contributed by atoms with Crippen molar-refractivity contribution in [1.82, 2.24) is 5.32 Å². The number of carboxylic acids is 1. The van der Waals surface area contributed by atoms with Gasteiger partial charge in [-0.15, -0.1) is 0 Å². The van der Waals surface area contributed by atoms with Gasteiger partial charge < -0.3 is 15.5 Å². The minimum Gasteiger partial charge on any atom is -0.481 e. The van der Waals surface area contributed by atoms with Gasteiger partial charge in [-0.05, 0) is 37.5 Å². The van der Waals surface area contributed by atoms with Crippen LogP contribution in [0.5, 0.6) is 0 Å². The minimum absolute atomic E-state index is 0.107. The number of amides is 1. The van der Waals surface area contributed by atoms with Crippen molar-refractivity contribution in [3.8, 4) is 0 Å². The van der Waals surface area contributed by atoms with E-state index in [-0.39, 0.29) is 24.3 Å². The maximum absolute atomic E-state index is 12.3. The van der Waals surface area contributed by atoms with Crippen LogP contribution in [-0.2, 0) is 9.59 Å². The topological polar surface area (TPSA) is 86.6 Å². The third-order valence-corrected chi connectivity index (χ3v) is 5.26. The van der Waals surface area contributed by atoms with Gasteiger partial charge in [-0.1, -0.05) is 25.7 Å². The number of hydrogen-bond acceptors (Lipinski definition) is 3. The van der Waals surface area contributed by atoms with E-state index in [1.54, 1.807) is 0 Å². The molecule has 0 spiro atoms. The van der Waals surface area contributed by atoms with Gasteiger partial charge >= 0.3 is 5.97 Å². The summed E-state index contributed by atoms with van der Waals surface area (Å²) in [6.07, 6.45) is 7.49. The summed E-state index contributed by atoms with van der Waals surface area (Å²) in [4.78, 5) is 23.6. The first-order chi connectivity index (χ1) is 10.1. The molecule has 1 amide bonds. The smallest absolute Gasteiger partial charge is 0.307 e.